The molecule has 1 aromatic carbocycles. The third-order valence-electron chi connectivity index (χ3n) is 4.01. The molecule has 1 atom stereocenters. The summed E-state index contributed by atoms with van der Waals surface area (Å²) in [6.45, 7) is 4.88. The van der Waals surface area contributed by atoms with Crippen molar-refractivity contribution in [3.63, 3.8) is 0 Å². The summed E-state index contributed by atoms with van der Waals surface area (Å²) >= 11 is 0. The number of hydrogen-bond donors (Lipinski definition) is 1. The Morgan fingerprint density at radius 3 is 3.17 bits per heavy atom. The van der Waals surface area contributed by atoms with Gasteiger partial charge < -0.3 is 14.2 Å². The smallest absolute Gasteiger partial charge is 0.120 e. The van der Waals surface area contributed by atoms with E-state index in [4.69, 9.17) is 14.2 Å². The van der Waals surface area contributed by atoms with Crippen LogP contribution >= 0.6 is 0 Å². The minimum Gasteiger partial charge on any atom is -0.491 e. The van der Waals surface area contributed by atoms with E-state index in [9.17, 15) is 0 Å². The second-order valence-corrected chi connectivity index (χ2v) is 5.88. The van der Waals surface area contributed by atoms with Crippen molar-refractivity contribution in [2.45, 2.75) is 19.6 Å². The van der Waals surface area contributed by atoms with Gasteiger partial charge in [0.05, 0.1) is 44.2 Å². The molecule has 0 amide bonds. The first-order chi connectivity index (χ1) is 11.8. The van der Waals surface area contributed by atoms with E-state index in [1.807, 2.05) is 42.2 Å². The summed E-state index contributed by atoms with van der Waals surface area (Å²) < 4.78 is 19.0. The van der Waals surface area contributed by atoms with Crippen LogP contribution in [0.5, 0.6) is 5.75 Å². The topological polar surface area (TPSA) is 74.2 Å². The van der Waals surface area contributed by atoms with Gasteiger partial charge in [0, 0.05) is 17.1 Å². The highest BCUT2D eigenvalue weighted by atomic mass is 16.5. The lowest BCUT2D eigenvalue weighted by atomic mass is 10.1. The normalized spacial score (nSPS) is 19.5. The van der Waals surface area contributed by atoms with Crippen molar-refractivity contribution in [3.05, 3.63) is 30.6 Å². The summed E-state index contributed by atoms with van der Waals surface area (Å²) in [5.74, 6) is 0.803. The highest BCUT2D eigenvalue weighted by Crippen LogP contribution is 2.29. The molecule has 0 saturated carbocycles. The third kappa shape index (κ3) is 3.13. The predicted octanol–water partition coefficient (Wildman–Crippen LogP) is 2.24. The van der Waals surface area contributed by atoms with Crippen LogP contribution in [0.2, 0.25) is 0 Å². The van der Waals surface area contributed by atoms with Gasteiger partial charge >= 0.3 is 0 Å². The standard InChI is InChI=1S/C17H20N4O3/c1-12-11-22-6-7-24-14-2-3-16-15(8-14)17(20-19-16)13-9-18-21(10-13)4-5-23-12/h2-3,8-10,12H,4-7,11H2,1H3,(H,19,20)/t12-/m0/s1. The quantitative estimate of drug-likeness (QED) is 0.685. The fourth-order valence-electron chi connectivity index (χ4n) is 2.77. The fourth-order valence-corrected chi connectivity index (χ4v) is 2.77. The number of aromatic amines is 1. The predicted molar refractivity (Wildman–Crippen MR) is 89.0 cm³/mol. The number of benzene rings is 1. The third-order valence-corrected chi connectivity index (χ3v) is 4.01. The van der Waals surface area contributed by atoms with E-state index in [1.54, 1.807) is 0 Å². The Labute approximate surface area is 139 Å². The minimum atomic E-state index is 0.0437. The van der Waals surface area contributed by atoms with Gasteiger partial charge in [0.1, 0.15) is 18.1 Å². The number of rotatable bonds is 0. The SMILES string of the molecule is C[C@H]1COCCOc2ccc3[nH]nc(c3c2)-c2cnn(c2)CCO1. The van der Waals surface area contributed by atoms with Crippen molar-refractivity contribution in [1.82, 2.24) is 20.0 Å². The van der Waals surface area contributed by atoms with Crippen molar-refractivity contribution in [2.75, 3.05) is 26.4 Å². The maximum Gasteiger partial charge on any atom is 0.120 e. The Kier molecular flexibility index (Phi) is 4.18. The van der Waals surface area contributed by atoms with Crippen LogP contribution < -0.4 is 4.74 Å². The Bertz CT molecular complexity index is 826. The molecular formula is C17H20N4O3. The number of aromatic nitrogens is 4. The van der Waals surface area contributed by atoms with Crippen LogP contribution in [0.15, 0.2) is 30.6 Å². The molecule has 0 radical (unpaired) electrons. The average molecular weight is 328 g/mol. The summed E-state index contributed by atoms with van der Waals surface area (Å²) in [4.78, 5) is 0. The Hall–Kier alpha value is -2.38. The monoisotopic (exact) mass is 328 g/mol. The van der Waals surface area contributed by atoms with Crippen LogP contribution in [0.25, 0.3) is 22.2 Å². The number of ether oxygens (including phenoxy) is 3. The molecule has 3 aromatic rings. The Balaban J connectivity index is 1.68. The molecule has 4 rings (SSSR count). The first-order valence-corrected chi connectivity index (χ1v) is 8.13. The number of nitrogens with one attached hydrogen (secondary N) is 1. The average Bonchev–Trinajstić information content (AvgIpc) is 3.20. The molecule has 7 nitrogen and oxygen atoms in total. The Morgan fingerprint density at radius 1 is 1.25 bits per heavy atom. The lowest BCUT2D eigenvalue weighted by Crippen LogP contribution is -2.20. The molecule has 1 aliphatic rings. The van der Waals surface area contributed by atoms with Gasteiger partial charge in [-0.05, 0) is 25.1 Å². The van der Waals surface area contributed by atoms with E-state index in [2.05, 4.69) is 15.3 Å². The summed E-state index contributed by atoms with van der Waals surface area (Å²) in [6, 6.07) is 5.91. The molecule has 3 heterocycles. The van der Waals surface area contributed by atoms with Gasteiger partial charge in [0.25, 0.3) is 0 Å². The molecule has 0 fully saturated rings. The molecular weight excluding hydrogens is 308 g/mol. The van der Waals surface area contributed by atoms with E-state index in [0.717, 1.165) is 27.9 Å². The van der Waals surface area contributed by atoms with Crippen LogP contribution in [0.4, 0.5) is 0 Å². The lowest BCUT2D eigenvalue weighted by Gasteiger charge is -2.14. The molecule has 1 N–H and O–H groups in total. The summed E-state index contributed by atoms with van der Waals surface area (Å²) in [5.41, 5.74) is 2.82. The van der Waals surface area contributed by atoms with Crippen molar-refractivity contribution in [2.24, 2.45) is 0 Å². The summed E-state index contributed by atoms with van der Waals surface area (Å²) in [5, 5.41) is 12.9. The molecule has 0 saturated heterocycles. The summed E-state index contributed by atoms with van der Waals surface area (Å²) in [7, 11) is 0. The van der Waals surface area contributed by atoms with E-state index in [0.29, 0.717) is 33.0 Å². The lowest BCUT2D eigenvalue weighted by molar-refractivity contribution is -0.0157. The minimum absolute atomic E-state index is 0.0437. The highest BCUT2D eigenvalue weighted by molar-refractivity contribution is 5.93. The van der Waals surface area contributed by atoms with E-state index >= 15 is 0 Å². The van der Waals surface area contributed by atoms with Crippen molar-refractivity contribution < 1.29 is 14.2 Å². The molecule has 0 unspecified atom stereocenters. The highest BCUT2D eigenvalue weighted by Gasteiger charge is 2.12. The first kappa shape index (κ1) is 15.2. The Morgan fingerprint density at radius 2 is 2.21 bits per heavy atom. The van der Waals surface area contributed by atoms with Gasteiger partial charge in [-0.2, -0.15) is 10.2 Å². The van der Waals surface area contributed by atoms with Crippen LogP contribution in [0, 0.1) is 0 Å². The van der Waals surface area contributed by atoms with Gasteiger partial charge in [-0.25, -0.2) is 0 Å². The molecule has 0 aliphatic carbocycles. The number of H-pyrrole nitrogens is 1. The molecule has 0 spiro atoms. The van der Waals surface area contributed by atoms with Crippen LogP contribution in [0.1, 0.15) is 6.92 Å². The second-order valence-electron chi connectivity index (χ2n) is 5.88. The molecule has 2 aromatic heterocycles. The van der Waals surface area contributed by atoms with E-state index in [-0.39, 0.29) is 6.10 Å². The number of fused-ring (bicyclic) bond motifs is 4. The zero-order chi connectivity index (χ0) is 16.4. The zero-order valence-electron chi connectivity index (χ0n) is 13.6. The maximum absolute atomic E-state index is 5.78. The molecule has 7 heteroatoms. The fraction of sp³-hybridized carbons (Fsp3) is 0.412. The zero-order valence-corrected chi connectivity index (χ0v) is 13.6. The van der Waals surface area contributed by atoms with Crippen molar-refractivity contribution in [1.29, 1.82) is 0 Å². The van der Waals surface area contributed by atoms with Crippen molar-refractivity contribution >= 4 is 10.9 Å². The number of nitrogens with zero attached hydrogens (tertiary/aromatic N) is 3. The molecule has 4 bridgehead atoms. The van der Waals surface area contributed by atoms with Gasteiger partial charge in [-0.3, -0.25) is 9.78 Å². The largest absolute Gasteiger partial charge is 0.491 e. The van der Waals surface area contributed by atoms with Crippen LogP contribution in [0.3, 0.4) is 0 Å². The van der Waals surface area contributed by atoms with E-state index < -0.39 is 0 Å². The van der Waals surface area contributed by atoms with Crippen LogP contribution in [-0.2, 0) is 16.0 Å². The van der Waals surface area contributed by atoms with E-state index in [1.165, 1.54) is 0 Å². The van der Waals surface area contributed by atoms with Gasteiger partial charge in [0.2, 0.25) is 0 Å². The van der Waals surface area contributed by atoms with Gasteiger partial charge in [0.15, 0.2) is 0 Å². The molecule has 1 aliphatic heterocycles. The number of hydrogen-bond acceptors (Lipinski definition) is 5. The van der Waals surface area contributed by atoms with Gasteiger partial charge in [-0.15, -0.1) is 0 Å². The maximum atomic E-state index is 5.78. The van der Waals surface area contributed by atoms with Crippen LogP contribution in [-0.4, -0.2) is 52.5 Å². The summed E-state index contributed by atoms with van der Waals surface area (Å²) in [6.07, 6.45) is 3.86. The second kappa shape index (κ2) is 6.62. The molecule has 24 heavy (non-hydrogen) atoms. The first-order valence-electron chi connectivity index (χ1n) is 8.13. The van der Waals surface area contributed by atoms with Gasteiger partial charge in [-0.1, -0.05) is 0 Å². The van der Waals surface area contributed by atoms with Crippen molar-refractivity contribution in [3.8, 4) is 17.0 Å². The molecule has 126 valence electrons.